The van der Waals surface area contributed by atoms with Gasteiger partial charge in [0.2, 0.25) is 5.76 Å². The second kappa shape index (κ2) is 5.43. The van der Waals surface area contributed by atoms with Crippen LogP contribution in [0.5, 0.6) is 5.75 Å². The molecule has 8 nitrogen and oxygen atoms in total. The minimum atomic E-state index is -1.59. The lowest BCUT2D eigenvalue weighted by atomic mass is 10.3. The first kappa shape index (κ1) is 13.2. The molecule has 0 radical (unpaired) electrons. The van der Waals surface area contributed by atoms with Gasteiger partial charge in [0.05, 0.1) is 17.1 Å². The lowest BCUT2D eigenvalue weighted by Gasteiger charge is -2.04. The van der Waals surface area contributed by atoms with Crippen LogP contribution in [0.15, 0.2) is 36.1 Å². The summed E-state index contributed by atoms with van der Waals surface area (Å²) in [5.74, 6) is -4.08. The highest BCUT2D eigenvalue weighted by Gasteiger charge is 2.14. The number of nitro groups is 1. The Morgan fingerprint density at radius 1 is 1.33 bits per heavy atom. The maximum Gasteiger partial charge on any atom is 0.372 e. The zero-order valence-electron chi connectivity index (χ0n) is 8.77. The number of nitro benzene ring substituents is 1. The molecule has 1 aromatic rings. The number of carboxylic acids is 2. The van der Waals surface area contributed by atoms with E-state index in [4.69, 9.17) is 14.9 Å². The molecule has 18 heavy (non-hydrogen) atoms. The Morgan fingerprint density at radius 2 is 2.00 bits per heavy atom. The van der Waals surface area contributed by atoms with E-state index in [1.165, 1.54) is 18.2 Å². The van der Waals surface area contributed by atoms with Crippen LogP contribution in [0, 0.1) is 10.1 Å². The molecule has 0 aliphatic heterocycles. The fraction of sp³-hybridized carbons (Fsp3) is 0. The molecule has 8 heteroatoms. The minimum absolute atomic E-state index is 0.140. The first-order valence-electron chi connectivity index (χ1n) is 4.50. The highest BCUT2D eigenvalue weighted by Crippen LogP contribution is 2.21. The highest BCUT2D eigenvalue weighted by molar-refractivity contribution is 5.93. The molecule has 0 heterocycles. The maximum atomic E-state index is 10.7. The van der Waals surface area contributed by atoms with Crippen molar-refractivity contribution in [2.75, 3.05) is 0 Å². The Labute approximate surface area is 99.9 Å². The van der Waals surface area contributed by atoms with Crippen molar-refractivity contribution in [3.8, 4) is 5.75 Å². The summed E-state index contributed by atoms with van der Waals surface area (Å²) >= 11 is 0. The van der Waals surface area contributed by atoms with Gasteiger partial charge in [0, 0.05) is 6.07 Å². The zero-order chi connectivity index (χ0) is 13.7. The number of rotatable bonds is 5. The van der Waals surface area contributed by atoms with E-state index in [9.17, 15) is 19.7 Å². The normalized spacial score (nSPS) is 10.8. The first-order chi connectivity index (χ1) is 8.40. The third-order valence-electron chi connectivity index (χ3n) is 1.72. The van der Waals surface area contributed by atoms with E-state index in [0.29, 0.717) is 6.08 Å². The van der Waals surface area contributed by atoms with Crippen LogP contribution in [0.1, 0.15) is 0 Å². The molecule has 94 valence electrons. The predicted octanol–water partition coefficient (Wildman–Crippen LogP) is 1.03. The topological polar surface area (TPSA) is 127 Å². The summed E-state index contributed by atoms with van der Waals surface area (Å²) in [5.41, 5.74) is -0.299. The molecule has 0 spiro atoms. The van der Waals surface area contributed by atoms with E-state index >= 15 is 0 Å². The van der Waals surface area contributed by atoms with Crippen LogP contribution in [0.3, 0.4) is 0 Å². The SMILES string of the molecule is O=C(O)C=C(Oc1cccc([N+](=O)[O-])c1)C(=O)O. The molecule has 0 saturated heterocycles. The summed E-state index contributed by atoms with van der Waals surface area (Å²) in [6.07, 6.45) is 0.348. The number of aliphatic carboxylic acids is 2. The van der Waals surface area contributed by atoms with Gasteiger partial charge in [-0.1, -0.05) is 6.07 Å². The molecule has 0 atom stereocenters. The number of hydrogen-bond donors (Lipinski definition) is 2. The smallest absolute Gasteiger partial charge is 0.372 e. The fourth-order valence-corrected chi connectivity index (χ4v) is 1.03. The maximum absolute atomic E-state index is 10.7. The highest BCUT2D eigenvalue weighted by atomic mass is 16.6. The van der Waals surface area contributed by atoms with E-state index in [1.54, 1.807) is 0 Å². The Bertz CT molecular complexity index is 535. The van der Waals surface area contributed by atoms with Crippen LogP contribution in [0.4, 0.5) is 5.69 Å². The number of carboxylic acid groups (broad SMARTS) is 2. The lowest BCUT2D eigenvalue weighted by Crippen LogP contribution is -2.10. The van der Waals surface area contributed by atoms with Gasteiger partial charge in [-0.2, -0.15) is 0 Å². The molecule has 1 aromatic carbocycles. The van der Waals surface area contributed by atoms with Crippen LogP contribution in [0.25, 0.3) is 0 Å². The lowest BCUT2D eigenvalue weighted by molar-refractivity contribution is -0.384. The summed E-state index contributed by atoms with van der Waals surface area (Å²) in [6.45, 7) is 0. The molecule has 0 aliphatic rings. The van der Waals surface area contributed by atoms with E-state index < -0.39 is 22.6 Å². The largest absolute Gasteiger partial charge is 0.478 e. The third kappa shape index (κ3) is 3.59. The average Bonchev–Trinajstić information content (AvgIpc) is 2.27. The van der Waals surface area contributed by atoms with Gasteiger partial charge in [-0.3, -0.25) is 10.1 Å². The van der Waals surface area contributed by atoms with Gasteiger partial charge in [0.25, 0.3) is 5.69 Å². The fourth-order valence-electron chi connectivity index (χ4n) is 1.03. The minimum Gasteiger partial charge on any atom is -0.478 e. The average molecular weight is 253 g/mol. The summed E-state index contributed by atoms with van der Waals surface area (Å²) in [6, 6.07) is 4.73. The molecule has 0 fully saturated rings. The second-order valence-corrected chi connectivity index (χ2v) is 3.01. The van der Waals surface area contributed by atoms with Crippen molar-refractivity contribution in [1.29, 1.82) is 0 Å². The Hall–Kier alpha value is -2.90. The van der Waals surface area contributed by atoms with Crippen LogP contribution in [0.2, 0.25) is 0 Å². The van der Waals surface area contributed by atoms with Gasteiger partial charge in [-0.15, -0.1) is 0 Å². The summed E-state index contributed by atoms with van der Waals surface area (Å²) in [5, 5.41) is 27.6. The zero-order valence-corrected chi connectivity index (χ0v) is 8.77. The molecule has 0 aromatic heterocycles. The first-order valence-corrected chi connectivity index (χ1v) is 4.50. The molecule has 1 rings (SSSR count). The summed E-state index contributed by atoms with van der Waals surface area (Å²) < 4.78 is 4.75. The molecular weight excluding hydrogens is 246 g/mol. The van der Waals surface area contributed by atoms with Crippen LogP contribution in [-0.2, 0) is 9.59 Å². The van der Waals surface area contributed by atoms with Gasteiger partial charge < -0.3 is 14.9 Å². The van der Waals surface area contributed by atoms with E-state index in [0.717, 1.165) is 6.07 Å². The van der Waals surface area contributed by atoms with E-state index in [1.807, 2.05) is 0 Å². The second-order valence-electron chi connectivity index (χ2n) is 3.01. The number of non-ortho nitro benzene ring substituents is 1. The van der Waals surface area contributed by atoms with Gasteiger partial charge in [0.1, 0.15) is 5.75 Å². The predicted molar refractivity (Wildman–Crippen MR) is 57.1 cm³/mol. The standard InChI is InChI=1S/C10H7NO7/c12-9(13)5-8(10(14)15)18-7-3-1-2-6(4-7)11(16)17/h1-5H,(H,12,13)(H,14,15). The van der Waals surface area contributed by atoms with Gasteiger partial charge >= 0.3 is 11.9 Å². The number of nitrogens with zero attached hydrogens (tertiary/aromatic N) is 1. The molecular formula is C10H7NO7. The van der Waals surface area contributed by atoms with E-state index in [2.05, 4.69) is 0 Å². The van der Waals surface area contributed by atoms with Crippen molar-refractivity contribution in [2.45, 2.75) is 0 Å². The molecule has 0 unspecified atom stereocenters. The molecule has 2 N–H and O–H groups in total. The quantitative estimate of drug-likeness (QED) is 0.347. The van der Waals surface area contributed by atoms with Crippen molar-refractivity contribution < 1.29 is 29.5 Å². The molecule has 0 aliphatic carbocycles. The number of benzene rings is 1. The van der Waals surface area contributed by atoms with Crippen LogP contribution >= 0.6 is 0 Å². The number of hydrogen-bond acceptors (Lipinski definition) is 5. The van der Waals surface area contributed by atoms with Crippen molar-refractivity contribution >= 4 is 17.6 Å². The monoisotopic (exact) mass is 253 g/mol. The Kier molecular flexibility index (Phi) is 3.98. The van der Waals surface area contributed by atoms with Crippen molar-refractivity contribution in [3.05, 3.63) is 46.2 Å². The van der Waals surface area contributed by atoms with Crippen molar-refractivity contribution in [3.63, 3.8) is 0 Å². The molecule has 0 amide bonds. The number of carbonyl (C=O) groups is 2. The van der Waals surface area contributed by atoms with Crippen LogP contribution < -0.4 is 4.74 Å². The van der Waals surface area contributed by atoms with Gasteiger partial charge in [-0.05, 0) is 6.07 Å². The third-order valence-corrected chi connectivity index (χ3v) is 1.72. The summed E-state index contributed by atoms with van der Waals surface area (Å²) in [7, 11) is 0. The molecule has 0 bridgehead atoms. The van der Waals surface area contributed by atoms with Crippen LogP contribution in [-0.4, -0.2) is 27.1 Å². The molecule has 0 saturated carbocycles. The summed E-state index contributed by atoms with van der Waals surface area (Å²) in [4.78, 5) is 30.8. The van der Waals surface area contributed by atoms with Crippen molar-refractivity contribution in [2.24, 2.45) is 0 Å². The number of ether oxygens (including phenoxy) is 1. The van der Waals surface area contributed by atoms with Gasteiger partial charge in [0.15, 0.2) is 0 Å². The van der Waals surface area contributed by atoms with E-state index in [-0.39, 0.29) is 11.4 Å². The van der Waals surface area contributed by atoms with Crippen molar-refractivity contribution in [1.82, 2.24) is 0 Å². The van der Waals surface area contributed by atoms with Gasteiger partial charge in [-0.25, -0.2) is 9.59 Å². The Balaban J connectivity index is 3.01. The Morgan fingerprint density at radius 3 is 2.50 bits per heavy atom.